The number of nitrogens with one attached hydrogen (secondary N) is 1. The molecule has 1 heterocycles. The Bertz CT molecular complexity index is 773. The van der Waals surface area contributed by atoms with Crippen molar-refractivity contribution in [3.63, 3.8) is 0 Å². The average Bonchev–Trinajstić information content (AvgIpc) is 2.72. The van der Waals surface area contributed by atoms with E-state index in [0.29, 0.717) is 56.5 Å². The monoisotopic (exact) mass is 480 g/mol. The summed E-state index contributed by atoms with van der Waals surface area (Å²) in [6.07, 6.45) is -5.13. The largest absolute Gasteiger partial charge is 0.490 e. The molecule has 174 valence electrons. The zero-order valence-corrected chi connectivity index (χ0v) is 19.0. The van der Waals surface area contributed by atoms with Gasteiger partial charge in [0.2, 0.25) is 0 Å². The summed E-state index contributed by atoms with van der Waals surface area (Å²) in [5, 5.41) is 3.19. The molecule has 1 saturated heterocycles. The SMILES string of the molecule is CCOc1cc([C@@H](CC(F)(F)F)N2CCNCC2)ccc1OCc1ccccc1.Cl.Cl. The molecular formula is C22H29Cl2F3N2O2. The average molecular weight is 481 g/mol. The molecule has 2 aromatic carbocycles. The number of alkyl halides is 3. The molecular weight excluding hydrogens is 452 g/mol. The lowest BCUT2D eigenvalue weighted by molar-refractivity contribution is -0.148. The van der Waals surface area contributed by atoms with Crippen LogP contribution in [0.3, 0.4) is 0 Å². The van der Waals surface area contributed by atoms with E-state index >= 15 is 0 Å². The van der Waals surface area contributed by atoms with Crippen LogP contribution in [0.5, 0.6) is 11.5 Å². The topological polar surface area (TPSA) is 33.7 Å². The van der Waals surface area contributed by atoms with Gasteiger partial charge in [0, 0.05) is 32.2 Å². The van der Waals surface area contributed by atoms with Gasteiger partial charge in [-0.3, -0.25) is 4.90 Å². The lowest BCUT2D eigenvalue weighted by atomic mass is 10.00. The summed E-state index contributed by atoms with van der Waals surface area (Å²) in [5.74, 6) is 1.01. The minimum absolute atomic E-state index is 0. The fourth-order valence-electron chi connectivity index (χ4n) is 3.53. The highest BCUT2D eigenvalue weighted by Gasteiger charge is 2.36. The Kier molecular flexibility index (Phi) is 11.5. The first-order valence-electron chi connectivity index (χ1n) is 9.91. The molecule has 0 aliphatic carbocycles. The van der Waals surface area contributed by atoms with Crippen LogP contribution in [0.1, 0.15) is 30.5 Å². The van der Waals surface area contributed by atoms with E-state index < -0.39 is 18.6 Å². The van der Waals surface area contributed by atoms with Crippen LogP contribution >= 0.6 is 24.8 Å². The van der Waals surface area contributed by atoms with Gasteiger partial charge in [-0.2, -0.15) is 13.2 Å². The van der Waals surface area contributed by atoms with Crippen LogP contribution in [0.15, 0.2) is 48.5 Å². The molecule has 3 rings (SSSR count). The number of benzene rings is 2. The highest BCUT2D eigenvalue weighted by Crippen LogP contribution is 2.38. The van der Waals surface area contributed by atoms with Crippen molar-refractivity contribution in [1.82, 2.24) is 10.2 Å². The smallest absolute Gasteiger partial charge is 0.390 e. The third-order valence-corrected chi connectivity index (χ3v) is 4.91. The van der Waals surface area contributed by atoms with Crippen molar-refractivity contribution in [2.24, 2.45) is 0 Å². The Morgan fingerprint density at radius 3 is 2.26 bits per heavy atom. The summed E-state index contributed by atoms with van der Waals surface area (Å²) in [7, 11) is 0. The van der Waals surface area contributed by atoms with E-state index in [2.05, 4.69) is 5.32 Å². The minimum Gasteiger partial charge on any atom is -0.490 e. The number of piperazine rings is 1. The van der Waals surface area contributed by atoms with Crippen LogP contribution in [-0.2, 0) is 6.61 Å². The first kappa shape index (κ1) is 27.4. The van der Waals surface area contributed by atoms with Crippen LogP contribution in [0, 0.1) is 0 Å². The first-order chi connectivity index (χ1) is 14.0. The zero-order chi connectivity index (χ0) is 20.7. The Morgan fingerprint density at radius 1 is 0.968 bits per heavy atom. The summed E-state index contributed by atoms with van der Waals surface area (Å²) in [6.45, 7) is 5.15. The Hall–Kier alpha value is -1.67. The second kappa shape index (κ2) is 13.0. The molecule has 1 aliphatic heterocycles. The molecule has 1 N–H and O–H groups in total. The number of hydrogen-bond donors (Lipinski definition) is 1. The molecule has 1 aliphatic rings. The van der Waals surface area contributed by atoms with Crippen molar-refractivity contribution in [3.8, 4) is 11.5 Å². The summed E-state index contributed by atoms with van der Waals surface area (Å²) in [4.78, 5) is 1.89. The molecule has 0 saturated carbocycles. The Balaban J connectivity index is 0.00000240. The lowest BCUT2D eigenvalue weighted by Gasteiger charge is -2.36. The predicted molar refractivity (Wildman–Crippen MR) is 121 cm³/mol. The summed E-state index contributed by atoms with van der Waals surface area (Å²) < 4.78 is 51.4. The van der Waals surface area contributed by atoms with Crippen molar-refractivity contribution in [1.29, 1.82) is 0 Å². The molecule has 0 radical (unpaired) electrons. The molecule has 4 nitrogen and oxygen atoms in total. The lowest BCUT2D eigenvalue weighted by Crippen LogP contribution is -2.46. The molecule has 31 heavy (non-hydrogen) atoms. The predicted octanol–water partition coefficient (Wildman–Crippen LogP) is 5.41. The van der Waals surface area contributed by atoms with Crippen LogP contribution in [0.2, 0.25) is 0 Å². The fraction of sp³-hybridized carbons (Fsp3) is 0.455. The summed E-state index contributed by atoms with van der Waals surface area (Å²) >= 11 is 0. The Labute approximate surface area is 193 Å². The van der Waals surface area contributed by atoms with Gasteiger partial charge in [0.25, 0.3) is 0 Å². The van der Waals surface area contributed by atoms with E-state index in [1.807, 2.05) is 42.2 Å². The summed E-state index contributed by atoms with van der Waals surface area (Å²) in [5.41, 5.74) is 1.61. The van der Waals surface area contributed by atoms with E-state index in [-0.39, 0.29) is 24.8 Å². The molecule has 1 fully saturated rings. The van der Waals surface area contributed by atoms with Crippen molar-refractivity contribution in [3.05, 3.63) is 59.7 Å². The molecule has 1 atom stereocenters. The maximum absolute atomic E-state index is 13.3. The third kappa shape index (κ3) is 8.41. The van der Waals surface area contributed by atoms with Gasteiger partial charge < -0.3 is 14.8 Å². The van der Waals surface area contributed by atoms with Crippen LogP contribution in [-0.4, -0.2) is 43.9 Å². The van der Waals surface area contributed by atoms with Gasteiger partial charge in [0.1, 0.15) is 6.61 Å². The van der Waals surface area contributed by atoms with Crippen LogP contribution in [0.4, 0.5) is 13.2 Å². The molecule has 0 spiro atoms. The van der Waals surface area contributed by atoms with E-state index in [1.165, 1.54) is 0 Å². The van der Waals surface area contributed by atoms with E-state index in [4.69, 9.17) is 9.47 Å². The van der Waals surface area contributed by atoms with Crippen molar-refractivity contribution >= 4 is 24.8 Å². The molecule has 2 aromatic rings. The molecule has 0 bridgehead atoms. The van der Waals surface area contributed by atoms with E-state index in [1.54, 1.807) is 18.2 Å². The number of halogens is 5. The summed E-state index contributed by atoms with van der Waals surface area (Å²) in [6, 6.07) is 14.1. The molecule has 9 heteroatoms. The Morgan fingerprint density at radius 2 is 1.65 bits per heavy atom. The third-order valence-electron chi connectivity index (χ3n) is 4.91. The number of rotatable bonds is 8. The molecule has 0 aromatic heterocycles. The van der Waals surface area contributed by atoms with Crippen molar-refractivity contribution in [2.45, 2.75) is 32.2 Å². The van der Waals surface area contributed by atoms with E-state index in [0.717, 1.165) is 5.56 Å². The molecule has 0 unspecified atom stereocenters. The van der Waals surface area contributed by atoms with Gasteiger partial charge in [-0.15, -0.1) is 24.8 Å². The van der Waals surface area contributed by atoms with Crippen LogP contribution < -0.4 is 14.8 Å². The van der Waals surface area contributed by atoms with Gasteiger partial charge in [0.05, 0.1) is 13.0 Å². The van der Waals surface area contributed by atoms with Gasteiger partial charge in [0.15, 0.2) is 11.5 Å². The van der Waals surface area contributed by atoms with Gasteiger partial charge in [-0.25, -0.2) is 0 Å². The quantitative estimate of drug-likeness (QED) is 0.547. The number of nitrogens with zero attached hydrogens (tertiary/aromatic N) is 1. The number of hydrogen-bond acceptors (Lipinski definition) is 4. The second-order valence-electron chi connectivity index (χ2n) is 7.03. The van der Waals surface area contributed by atoms with E-state index in [9.17, 15) is 13.2 Å². The standard InChI is InChI=1S/C22H27F3N2O2.2ClH/c1-2-28-21-14-18(8-9-20(21)29-16-17-6-4-3-5-7-17)19(15-22(23,24)25)27-12-10-26-11-13-27;;/h3-9,14,19,26H,2,10-13,15-16H2,1H3;2*1H/t19-;;/m1../s1. The van der Waals surface area contributed by atoms with Gasteiger partial charge in [-0.05, 0) is 30.2 Å². The van der Waals surface area contributed by atoms with Gasteiger partial charge in [-0.1, -0.05) is 36.4 Å². The fourth-order valence-corrected chi connectivity index (χ4v) is 3.53. The minimum atomic E-state index is -4.25. The second-order valence-corrected chi connectivity index (χ2v) is 7.03. The molecule has 0 amide bonds. The number of ether oxygens (including phenoxy) is 2. The first-order valence-corrected chi connectivity index (χ1v) is 9.91. The maximum atomic E-state index is 13.3. The van der Waals surface area contributed by atoms with Crippen LogP contribution in [0.25, 0.3) is 0 Å². The van der Waals surface area contributed by atoms with Gasteiger partial charge >= 0.3 is 6.18 Å². The normalized spacial score (nSPS) is 15.4. The maximum Gasteiger partial charge on any atom is 0.390 e. The van der Waals surface area contributed by atoms with Crippen molar-refractivity contribution in [2.75, 3.05) is 32.8 Å². The zero-order valence-electron chi connectivity index (χ0n) is 17.4. The highest BCUT2D eigenvalue weighted by atomic mass is 35.5. The highest BCUT2D eigenvalue weighted by molar-refractivity contribution is 5.85. The van der Waals surface area contributed by atoms with Crippen molar-refractivity contribution < 1.29 is 22.6 Å².